The smallest absolute Gasteiger partial charge is 0.302 e. The van der Waals surface area contributed by atoms with Crippen molar-refractivity contribution < 1.29 is 28.5 Å². The topological polar surface area (TPSA) is 102 Å². The summed E-state index contributed by atoms with van der Waals surface area (Å²) in [5.41, 5.74) is 2.46. The number of phenols is 2. The highest BCUT2D eigenvalue weighted by atomic mass is 16.5. The number of benzene rings is 2. The highest BCUT2D eigenvalue weighted by molar-refractivity contribution is 6.09. The van der Waals surface area contributed by atoms with E-state index in [2.05, 4.69) is 0 Å². The van der Waals surface area contributed by atoms with Crippen LogP contribution in [0.15, 0.2) is 31.3 Å². The van der Waals surface area contributed by atoms with Crippen LogP contribution in [0.25, 0.3) is 33.1 Å². The van der Waals surface area contributed by atoms with Crippen molar-refractivity contribution in [2.45, 2.75) is 84.8 Å². The fourth-order valence-corrected chi connectivity index (χ4v) is 5.56. The monoisotopic (exact) mass is 504 g/mol. The van der Waals surface area contributed by atoms with Crippen molar-refractivity contribution in [3.63, 3.8) is 0 Å². The Bertz CT molecular complexity index is 1710. The average molecular weight is 505 g/mol. The number of hydrogen-bond donors (Lipinski definition) is 2. The van der Waals surface area contributed by atoms with Crippen LogP contribution in [0.4, 0.5) is 0 Å². The van der Waals surface area contributed by atoms with Gasteiger partial charge in [-0.15, -0.1) is 0 Å². The van der Waals surface area contributed by atoms with E-state index in [0.717, 1.165) is 17.6 Å². The molecule has 194 valence electrons. The molecular formula is C30H32O7. The van der Waals surface area contributed by atoms with E-state index in [-0.39, 0.29) is 33.7 Å². The number of fused-ring (bicyclic) bond motifs is 8. The molecule has 2 aromatic heterocycles. The average Bonchev–Trinajstić information content (AvgIpc) is 3.16. The van der Waals surface area contributed by atoms with Gasteiger partial charge in [-0.2, -0.15) is 0 Å². The standard InChI is InChI=1S/C30H32O7/c1-14(2)7-8-15-22(32)16-9-11-30(5,6)37-27(16)21-23(33)20-18-13-19(31)25-17(10-12-29(3,4)36-25)24(18)34-28(20)35-26(15)21/h7,13,31-32H,8-12H2,1-6H3. The molecule has 7 nitrogen and oxygen atoms in total. The molecule has 0 unspecified atom stereocenters. The molecule has 0 saturated carbocycles. The van der Waals surface area contributed by atoms with Gasteiger partial charge >= 0.3 is 5.78 Å². The van der Waals surface area contributed by atoms with Crippen LogP contribution in [-0.4, -0.2) is 21.4 Å². The van der Waals surface area contributed by atoms with E-state index in [1.807, 2.05) is 47.6 Å². The van der Waals surface area contributed by atoms with Gasteiger partial charge in [0.05, 0.1) is 0 Å². The molecule has 0 saturated heterocycles. The summed E-state index contributed by atoms with van der Waals surface area (Å²) in [6.45, 7) is 11.8. The van der Waals surface area contributed by atoms with Gasteiger partial charge in [0.25, 0.3) is 0 Å². The second kappa shape index (κ2) is 7.70. The van der Waals surface area contributed by atoms with Crippen LogP contribution < -0.4 is 14.9 Å². The molecule has 2 N–H and O–H groups in total. The van der Waals surface area contributed by atoms with Crippen LogP contribution >= 0.6 is 0 Å². The van der Waals surface area contributed by atoms with Crippen LogP contribution in [0, 0.1) is 0 Å². The lowest BCUT2D eigenvalue weighted by atomic mass is 9.89. The van der Waals surface area contributed by atoms with Gasteiger partial charge in [-0.05, 0) is 79.7 Å². The third-order valence-corrected chi connectivity index (χ3v) is 7.62. The summed E-state index contributed by atoms with van der Waals surface area (Å²) >= 11 is 0. The quantitative estimate of drug-likeness (QED) is 0.289. The minimum absolute atomic E-state index is 0.0353. The number of hydrogen-bond acceptors (Lipinski definition) is 7. The zero-order valence-corrected chi connectivity index (χ0v) is 22.1. The lowest BCUT2D eigenvalue weighted by molar-refractivity contribution is 0.0809. The molecule has 0 fully saturated rings. The molecule has 0 radical (unpaired) electrons. The third-order valence-electron chi connectivity index (χ3n) is 7.62. The van der Waals surface area contributed by atoms with Gasteiger partial charge in [-0.3, -0.25) is 4.79 Å². The minimum atomic E-state index is -0.505. The van der Waals surface area contributed by atoms with Gasteiger partial charge in [-0.1, -0.05) is 11.6 Å². The molecule has 0 atom stereocenters. The molecule has 6 rings (SSSR count). The van der Waals surface area contributed by atoms with Crippen molar-refractivity contribution in [2.24, 2.45) is 0 Å². The summed E-state index contributed by atoms with van der Waals surface area (Å²) in [4.78, 5) is 14.2. The second-order valence-electron chi connectivity index (χ2n) is 11.8. The lowest BCUT2D eigenvalue weighted by Crippen LogP contribution is -2.33. The summed E-state index contributed by atoms with van der Waals surface area (Å²) in [6, 6.07) is 1.52. The van der Waals surface area contributed by atoms with Gasteiger partial charge in [0, 0.05) is 22.1 Å². The van der Waals surface area contributed by atoms with Gasteiger partial charge in [0.2, 0.25) is 5.43 Å². The predicted molar refractivity (Wildman–Crippen MR) is 142 cm³/mol. The van der Waals surface area contributed by atoms with E-state index in [0.29, 0.717) is 64.7 Å². The fraction of sp³-hybridized carbons (Fsp3) is 0.433. The highest BCUT2D eigenvalue weighted by Gasteiger charge is 2.36. The maximum absolute atomic E-state index is 14.2. The third kappa shape index (κ3) is 3.58. The van der Waals surface area contributed by atoms with E-state index in [9.17, 15) is 15.0 Å². The van der Waals surface area contributed by atoms with Crippen LogP contribution in [0.5, 0.6) is 23.0 Å². The maximum atomic E-state index is 14.2. The molecule has 2 aliphatic rings. The highest BCUT2D eigenvalue weighted by Crippen LogP contribution is 2.49. The number of aryl methyl sites for hydroxylation is 1. The largest absolute Gasteiger partial charge is 0.507 e. The van der Waals surface area contributed by atoms with E-state index >= 15 is 0 Å². The predicted octanol–water partition coefficient (Wildman–Crippen LogP) is 6.82. The second-order valence-corrected chi connectivity index (χ2v) is 11.8. The normalized spacial score (nSPS) is 17.8. The Morgan fingerprint density at radius 2 is 1.54 bits per heavy atom. The van der Waals surface area contributed by atoms with Gasteiger partial charge in [0.1, 0.15) is 39.1 Å². The van der Waals surface area contributed by atoms with E-state index in [1.165, 1.54) is 6.07 Å². The Morgan fingerprint density at radius 1 is 0.919 bits per heavy atom. The Morgan fingerprint density at radius 3 is 2.22 bits per heavy atom. The molecule has 37 heavy (non-hydrogen) atoms. The maximum Gasteiger partial charge on any atom is 0.302 e. The molecule has 0 aliphatic carbocycles. The van der Waals surface area contributed by atoms with Crippen molar-refractivity contribution in [2.75, 3.05) is 0 Å². The molecule has 2 aliphatic heterocycles. The molecular weight excluding hydrogens is 472 g/mol. The van der Waals surface area contributed by atoms with Crippen molar-refractivity contribution >= 4 is 33.1 Å². The summed E-state index contributed by atoms with van der Waals surface area (Å²) in [7, 11) is 0. The number of phenolic OH excluding ortho intramolecular Hbond substituents is 2. The van der Waals surface area contributed by atoms with E-state index < -0.39 is 11.2 Å². The molecule has 0 amide bonds. The van der Waals surface area contributed by atoms with Crippen LogP contribution in [-0.2, 0) is 19.3 Å². The zero-order chi connectivity index (χ0) is 26.4. The number of furan rings is 1. The van der Waals surface area contributed by atoms with Crippen molar-refractivity contribution in [1.82, 2.24) is 0 Å². The Hall–Kier alpha value is -3.61. The summed E-state index contributed by atoms with van der Waals surface area (Å²) < 4.78 is 24.9. The Balaban J connectivity index is 1.74. The summed E-state index contributed by atoms with van der Waals surface area (Å²) in [5.74, 6) is 0.857. The number of aromatic hydroxyl groups is 2. The SMILES string of the molecule is CC(C)=CCc1c(O)c2c(c3c(=O)c4c(oc13)oc1c3c(c(O)cc14)OC(C)(C)CC3)OC(C)(C)CC2. The fourth-order valence-electron chi connectivity index (χ4n) is 5.56. The van der Waals surface area contributed by atoms with Crippen molar-refractivity contribution in [3.8, 4) is 23.0 Å². The number of allylic oxidation sites excluding steroid dienone is 2. The van der Waals surface area contributed by atoms with Gasteiger partial charge in [0.15, 0.2) is 17.1 Å². The van der Waals surface area contributed by atoms with Crippen LogP contribution in [0.1, 0.15) is 71.1 Å². The molecule has 0 bridgehead atoms. The summed E-state index contributed by atoms with van der Waals surface area (Å²) in [6.07, 6.45) is 5.03. The van der Waals surface area contributed by atoms with E-state index in [1.54, 1.807) is 0 Å². The first-order chi connectivity index (χ1) is 17.4. The first-order valence-corrected chi connectivity index (χ1v) is 12.8. The Kier molecular flexibility index (Phi) is 4.94. The van der Waals surface area contributed by atoms with Crippen molar-refractivity contribution in [3.05, 3.63) is 44.6 Å². The number of rotatable bonds is 2. The minimum Gasteiger partial charge on any atom is -0.507 e. The lowest BCUT2D eigenvalue weighted by Gasteiger charge is -2.33. The van der Waals surface area contributed by atoms with Crippen molar-refractivity contribution in [1.29, 1.82) is 0 Å². The zero-order valence-electron chi connectivity index (χ0n) is 22.1. The first kappa shape index (κ1) is 23.8. The molecule has 7 heteroatoms. The molecule has 2 aromatic carbocycles. The summed E-state index contributed by atoms with van der Waals surface area (Å²) in [5, 5.41) is 23.2. The first-order valence-electron chi connectivity index (χ1n) is 12.8. The Labute approximate surface area is 214 Å². The van der Waals surface area contributed by atoms with Gasteiger partial charge < -0.3 is 28.5 Å². The van der Waals surface area contributed by atoms with Gasteiger partial charge in [-0.25, -0.2) is 0 Å². The van der Waals surface area contributed by atoms with E-state index in [4.69, 9.17) is 18.3 Å². The molecule has 4 heterocycles. The van der Waals surface area contributed by atoms with Crippen LogP contribution in [0.3, 0.4) is 0 Å². The number of ether oxygens (including phenoxy) is 2. The molecule has 0 spiro atoms. The molecule has 4 aromatic rings. The van der Waals surface area contributed by atoms with Crippen LogP contribution in [0.2, 0.25) is 0 Å².